The molecule has 0 aromatic carbocycles. The van der Waals surface area contributed by atoms with E-state index in [0.29, 0.717) is 25.4 Å². The van der Waals surface area contributed by atoms with Crippen molar-refractivity contribution < 1.29 is 19.1 Å². The van der Waals surface area contributed by atoms with Crippen molar-refractivity contribution in [3.8, 4) is 0 Å². The van der Waals surface area contributed by atoms with Crippen LogP contribution < -0.4 is 0 Å². The van der Waals surface area contributed by atoms with Crippen molar-refractivity contribution in [2.24, 2.45) is 23.2 Å². The fraction of sp³-hybridized carbons (Fsp3) is 0.733. The Kier molecular flexibility index (Phi) is 3.97. The normalized spacial score (nSPS) is 33.2. The highest BCUT2D eigenvalue weighted by Crippen LogP contribution is 2.57. The first-order valence-corrected chi connectivity index (χ1v) is 7.03. The van der Waals surface area contributed by atoms with Crippen LogP contribution in [0.5, 0.6) is 0 Å². The predicted molar refractivity (Wildman–Crippen MR) is 70.2 cm³/mol. The minimum absolute atomic E-state index is 0.112. The molecule has 4 heteroatoms. The molecule has 0 radical (unpaired) electrons. The van der Waals surface area contributed by atoms with Crippen LogP contribution in [0.1, 0.15) is 33.1 Å². The van der Waals surface area contributed by atoms with Crippen LogP contribution in [-0.2, 0) is 19.1 Å². The summed E-state index contributed by atoms with van der Waals surface area (Å²) in [5, 5.41) is 0. The van der Waals surface area contributed by atoms with Crippen LogP contribution in [0.15, 0.2) is 12.2 Å². The van der Waals surface area contributed by atoms with Crippen molar-refractivity contribution in [2.75, 3.05) is 13.7 Å². The van der Waals surface area contributed by atoms with E-state index in [4.69, 9.17) is 9.47 Å². The van der Waals surface area contributed by atoms with Crippen LogP contribution in [0.25, 0.3) is 0 Å². The summed E-state index contributed by atoms with van der Waals surface area (Å²) in [5.41, 5.74) is -0.711. The van der Waals surface area contributed by atoms with Gasteiger partial charge in [-0.2, -0.15) is 0 Å². The highest BCUT2D eigenvalue weighted by Gasteiger charge is 2.60. The molecule has 2 aliphatic rings. The Morgan fingerprint density at radius 2 is 2.11 bits per heavy atom. The summed E-state index contributed by atoms with van der Waals surface area (Å²) in [4.78, 5) is 24.6. The van der Waals surface area contributed by atoms with E-state index in [0.717, 1.165) is 6.42 Å². The number of allylic oxidation sites excluding steroid dienone is 2. The van der Waals surface area contributed by atoms with Crippen molar-refractivity contribution in [2.45, 2.75) is 33.1 Å². The first-order valence-electron chi connectivity index (χ1n) is 7.03. The minimum Gasteiger partial charge on any atom is -0.469 e. The first-order chi connectivity index (χ1) is 9.09. The Morgan fingerprint density at radius 1 is 1.37 bits per heavy atom. The van der Waals surface area contributed by atoms with Crippen molar-refractivity contribution in [3.05, 3.63) is 12.2 Å². The molecule has 0 N–H and O–H groups in total. The number of carbonyl (C=O) groups excluding carboxylic acids is 2. The lowest BCUT2D eigenvalue weighted by Crippen LogP contribution is -2.47. The fourth-order valence-electron chi connectivity index (χ4n) is 3.82. The molecule has 0 aliphatic heterocycles. The largest absolute Gasteiger partial charge is 0.469 e. The molecule has 0 aromatic heterocycles. The lowest BCUT2D eigenvalue weighted by Gasteiger charge is -2.38. The molecule has 0 heterocycles. The molecular formula is C15H22O4. The molecule has 2 rings (SSSR count). The van der Waals surface area contributed by atoms with Gasteiger partial charge in [0.1, 0.15) is 0 Å². The highest BCUT2D eigenvalue weighted by molar-refractivity contribution is 5.86. The number of hydrogen-bond acceptors (Lipinski definition) is 4. The molecular weight excluding hydrogens is 244 g/mol. The van der Waals surface area contributed by atoms with Crippen LogP contribution in [0.2, 0.25) is 0 Å². The molecule has 4 unspecified atom stereocenters. The summed E-state index contributed by atoms with van der Waals surface area (Å²) in [6.07, 6.45) is 6.50. The van der Waals surface area contributed by atoms with Crippen LogP contribution >= 0.6 is 0 Å². The van der Waals surface area contributed by atoms with Gasteiger partial charge in [0.25, 0.3) is 0 Å². The number of carbonyl (C=O) groups is 2. The van der Waals surface area contributed by atoms with Gasteiger partial charge in [0, 0.05) is 0 Å². The second-order valence-corrected chi connectivity index (χ2v) is 5.44. The minimum atomic E-state index is -0.711. The standard InChI is InChI=1S/C15H22O4/c1-4-12(13(16)18-3)15(14(17)19-5-2)9-10-6-7-11(15)8-10/h6-7,10-12H,4-5,8-9H2,1-3H3. The van der Waals surface area contributed by atoms with Gasteiger partial charge in [-0.05, 0) is 38.0 Å². The maximum Gasteiger partial charge on any atom is 0.313 e. The molecule has 2 aliphatic carbocycles. The van der Waals surface area contributed by atoms with Gasteiger partial charge < -0.3 is 9.47 Å². The van der Waals surface area contributed by atoms with Crippen LogP contribution in [0.4, 0.5) is 0 Å². The summed E-state index contributed by atoms with van der Waals surface area (Å²) < 4.78 is 10.2. The SMILES string of the molecule is CCOC(=O)C1(C(CC)C(=O)OC)CC2C=CC1C2. The molecule has 2 bridgehead atoms. The van der Waals surface area contributed by atoms with Crippen molar-refractivity contribution in [1.82, 2.24) is 0 Å². The summed E-state index contributed by atoms with van der Waals surface area (Å²) in [6, 6.07) is 0. The number of methoxy groups -OCH3 is 1. The van der Waals surface area contributed by atoms with Crippen molar-refractivity contribution in [3.63, 3.8) is 0 Å². The first kappa shape index (κ1) is 14.1. The van der Waals surface area contributed by atoms with Crippen LogP contribution in [0, 0.1) is 23.2 Å². The van der Waals surface area contributed by atoms with Gasteiger partial charge in [-0.3, -0.25) is 9.59 Å². The molecule has 4 nitrogen and oxygen atoms in total. The molecule has 1 saturated carbocycles. The molecule has 4 atom stereocenters. The van der Waals surface area contributed by atoms with E-state index in [1.807, 2.05) is 6.92 Å². The van der Waals surface area contributed by atoms with Crippen molar-refractivity contribution in [1.29, 1.82) is 0 Å². The molecule has 19 heavy (non-hydrogen) atoms. The second-order valence-electron chi connectivity index (χ2n) is 5.44. The maximum absolute atomic E-state index is 12.5. The van der Waals surface area contributed by atoms with Gasteiger partial charge >= 0.3 is 11.9 Å². The summed E-state index contributed by atoms with van der Waals surface area (Å²) in [6.45, 7) is 4.07. The molecule has 0 saturated heterocycles. The Hall–Kier alpha value is -1.32. The summed E-state index contributed by atoms with van der Waals surface area (Å²) in [7, 11) is 1.38. The Labute approximate surface area is 114 Å². The van der Waals surface area contributed by atoms with Gasteiger partial charge in [-0.25, -0.2) is 0 Å². The van der Waals surface area contributed by atoms with E-state index in [2.05, 4.69) is 12.2 Å². The average molecular weight is 266 g/mol. The third-order valence-electron chi connectivity index (χ3n) is 4.61. The van der Waals surface area contributed by atoms with Gasteiger partial charge in [-0.15, -0.1) is 0 Å². The van der Waals surface area contributed by atoms with Crippen LogP contribution in [0.3, 0.4) is 0 Å². The fourth-order valence-corrected chi connectivity index (χ4v) is 3.82. The van der Waals surface area contributed by atoms with E-state index in [-0.39, 0.29) is 17.9 Å². The zero-order valence-electron chi connectivity index (χ0n) is 11.8. The third-order valence-corrected chi connectivity index (χ3v) is 4.61. The Bertz CT molecular complexity index is 401. The van der Waals surface area contributed by atoms with Crippen molar-refractivity contribution >= 4 is 11.9 Å². The smallest absolute Gasteiger partial charge is 0.313 e. The second kappa shape index (κ2) is 5.35. The topological polar surface area (TPSA) is 52.6 Å². The molecule has 106 valence electrons. The van der Waals surface area contributed by atoms with Gasteiger partial charge in [0.2, 0.25) is 0 Å². The maximum atomic E-state index is 12.5. The van der Waals surface area contributed by atoms with Gasteiger partial charge in [0.05, 0.1) is 25.0 Å². The number of rotatable bonds is 5. The van der Waals surface area contributed by atoms with E-state index in [1.165, 1.54) is 7.11 Å². The zero-order valence-corrected chi connectivity index (χ0v) is 11.8. The highest BCUT2D eigenvalue weighted by atomic mass is 16.5. The van der Waals surface area contributed by atoms with E-state index < -0.39 is 11.3 Å². The monoisotopic (exact) mass is 266 g/mol. The number of esters is 2. The summed E-state index contributed by atoms with van der Waals surface area (Å²) >= 11 is 0. The van der Waals surface area contributed by atoms with Gasteiger partial charge in [0.15, 0.2) is 0 Å². The van der Waals surface area contributed by atoms with Gasteiger partial charge in [-0.1, -0.05) is 19.1 Å². The van der Waals surface area contributed by atoms with E-state index >= 15 is 0 Å². The molecule has 0 amide bonds. The Balaban J connectivity index is 2.37. The quantitative estimate of drug-likeness (QED) is 0.566. The predicted octanol–water partition coefficient (Wildman–Crippen LogP) is 2.33. The Morgan fingerprint density at radius 3 is 2.53 bits per heavy atom. The van der Waals surface area contributed by atoms with E-state index in [1.54, 1.807) is 6.92 Å². The molecule has 1 fully saturated rings. The number of ether oxygens (including phenoxy) is 2. The van der Waals surface area contributed by atoms with Crippen LogP contribution in [-0.4, -0.2) is 25.7 Å². The number of fused-ring (bicyclic) bond motifs is 2. The average Bonchev–Trinajstić information content (AvgIpc) is 3.00. The lowest BCUT2D eigenvalue weighted by atomic mass is 9.65. The molecule has 0 aromatic rings. The molecule has 0 spiro atoms. The number of hydrogen-bond donors (Lipinski definition) is 0. The summed E-state index contributed by atoms with van der Waals surface area (Å²) in [5.74, 6) is -0.425. The zero-order chi connectivity index (χ0) is 14.0. The van der Waals surface area contributed by atoms with E-state index in [9.17, 15) is 9.59 Å². The third kappa shape index (κ3) is 2.07. The lowest BCUT2D eigenvalue weighted by molar-refractivity contribution is -0.171.